The molecule has 2 heterocycles. The SMILES string of the molecule is C[C@@]12CC[C@@H]3[C@]4(CCC[C@@]3(C)C(=O)OC4)[C@H]1CC[C@]1(C)OC(=O)C[C@@H]21. The van der Waals surface area contributed by atoms with E-state index < -0.39 is 0 Å². The number of hydrogen-bond acceptors (Lipinski definition) is 4. The summed E-state index contributed by atoms with van der Waals surface area (Å²) in [7, 11) is 0. The topological polar surface area (TPSA) is 52.6 Å². The molecule has 0 N–H and O–H groups in total. The molecule has 0 spiro atoms. The highest BCUT2D eigenvalue weighted by molar-refractivity contribution is 5.78. The average Bonchev–Trinajstić information content (AvgIpc) is 2.87. The van der Waals surface area contributed by atoms with Crippen LogP contribution in [0.4, 0.5) is 0 Å². The average molecular weight is 346 g/mol. The number of cyclic esters (lactones) is 1. The Morgan fingerprint density at radius 2 is 1.68 bits per heavy atom. The van der Waals surface area contributed by atoms with Crippen LogP contribution in [0.1, 0.15) is 72.1 Å². The second kappa shape index (κ2) is 4.61. The summed E-state index contributed by atoms with van der Waals surface area (Å²) in [5.41, 5.74) is -0.325. The van der Waals surface area contributed by atoms with Gasteiger partial charge >= 0.3 is 11.9 Å². The Balaban J connectivity index is 1.59. The summed E-state index contributed by atoms with van der Waals surface area (Å²) in [6.07, 6.45) is 8.13. The van der Waals surface area contributed by atoms with Crippen LogP contribution in [0.25, 0.3) is 0 Å². The molecule has 5 fully saturated rings. The van der Waals surface area contributed by atoms with Gasteiger partial charge in [-0.15, -0.1) is 0 Å². The molecule has 5 rings (SSSR count). The van der Waals surface area contributed by atoms with E-state index in [1.54, 1.807) is 0 Å². The van der Waals surface area contributed by atoms with Crippen molar-refractivity contribution in [2.24, 2.45) is 34.0 Å². The molecule has 0 radical (unpaired) electrons. The zero-order valence-corrected chi connectivity index (χ0v) is 15.7. The van der Waals surface area contributed by atoms with Gasteiger partial charge in [0.05, 0.1) is 18.4 Å². The first kappa shape index (κ1) is 16.1. The van der Waals surface area contributed by atoms with E-state index >= 15 is 0 Å². The lowest BCUT2D eigenvalue weighted by Gasteiger charge is -2.68. The van der Waals surface area contributed by atoms with E-state index in [0.717, 1.165) is 38.5 Å². The summed E-state index contributed by atoms with van der Waals surface area (Å²) >= 11 is 0. The number of carbonyl (C=O) groups excluding carboxylic acids is 2. The van der Waals surface area contributed by atoms with Crippen molar-refractivity contribution >= 4 is 11.9 Å². The van der Waals surface area contributed by atoms with Gasteiger partial charge in [-0.05, 0) is 69.6 Å². The molecule has 2 bridgehead atoms. The molecule has 0 aromatic rings. The summed E-state index contributed by atoms with van der Waals surface area (Å²) < 4.78 is 11.6. The number of esters is 2. The highest BCUT2D eigenvalue weighted by Crippen LogP contribution is 2.72. The van der Waals surface area contributed by atoms with Crippen LogP contribution < -0.4 is 0 Å². The van der Waals surface area contributed by atoms with Crippen molar-refractivity contribution in [2.45, 2.75) is 77.7 Å². The Morgan fingerprint density at radius 1 is 0.920 bits per heavy atom. The highest BCUT2D eigenvalue weighted by Gasteiger charge is 2.71. The summed E-state index contributed by atoms with van der Waals surface area (Å²) in [5, 5.41) is 0. The quantitative estimate of drug-likeness (QED) is 0.625. The van der Waals surface area contributed by atoms with Crippen LogP contribution in [-0.4, -0.2) is 24.1 Å². The van der Waals surface area contributed by atoms with E-state index in [4.69, 9.17) is 9.47 Å². The number of rotatable bonds is 0. The lowest BCUT2D eigenvalue weighted by molar-refractivity contribution is -0.250. The van der Waals surface area contributed by atoms with Gasteiger partial charge in [0.1, 0.15) is 5.60 Å². The van der Waals surface area contributed by atoms with Gasteiger partial charge in [-0.25, -0.2) is 0 Å². The van der Waals surface area contributed by atoms with Gasteiger partial charge in [0.25, 0.3) is 0 Å². The summed E-state index contributed by atoms with van der Waals surface area (Å²) in [5.74, 6) is 1.33. The highest BCUT2D eigenvalue weighted by atomic mass is 16.6. The normalized spacial score (nSPS) is 57.0. The molecule has 3 aliphatic carbocycles. The maximum absolute atomic E-state index is 12.6. The fourth-order valence-electron chi connectivity index (χ4n) is 8.34. The predicted octanol–water partition coefficient (Wildman–Crippen LogP) is 3.87. The van der Waals surface area contributed by atoms with Crippen molar-refractivity contribution in [2.75, 3.05) is 6.61 Å². The lowest BCUT2D eigenvalue weighted by Crippen LogP contribution is -2.67. The third kappa shape index (κ3) is 1.74. The fraction of sp³-hybridized carbons (Fsp3) is 0.905. The summed E-state index contributed by atoms with van der Waals surface area (Å²) in [4.78, 5) is 24.7. The molecule has 0 unspecified atom stereocenters. The first-order valence-electron chi connectivity index (χ1n) is 10.1. The smallest absolute Gasteiger partial charge is 0.312 e. The van der Waals surface area contributed by atoms with Gasteiger partial charge in [0.15, 0.2) is 0 Å². The Bertz CT molecular complexity index is 658. The van der Waals surface area contributed by atoms with Crippen LogP contribution >= 0.6 is 0 Å². The van der Waals surface area contributed by atoms with Crippen molar-refractivity contribution in [1.29, 1.82) is 0 Å². The molecule has 3 saturated carbocycles. The van der Waals surface area contributed by atoms with Crippen LogP contribution in [0.5, 0.6) is 0 Å². The molecule has 138 valence electrons. The Hall–Kier alpha value is -1.06. The van der Waals surface area contributed by atoms with Crippen molar-refractivity contribution in [3.63, 3.8) is 0 Å². The van der Waals surface area contributed by atoms with Gasteiger partial charge in [0.2, 0.25) is 0 Å². The van der Waals surface area contributed by atoms with Gasteiger partial charge in [0, 0.05) is 11.3 Å². The van der Waals surface area contributed by atoms with Crippen molar-refractivity contribution in [1.82, 2.24) is 0 Å². The van der Waals surface area contributed by atoms with E-state index in [9.17, 15) is 9.59 Å². The zero-order valence-electron chi connectivity index (χ0n) is 15.7. The van der Waals surface area contributed by atoms with Crippen molar-refractivity contribution in [3.05, 3.63) is 0 Å². The minimum absolute atomic E-state index is 0.0162. The van der Waals surface area contributed by atoms with Crippen LogP contribution in [0.2, 0.25) is 0 Å². The van der Waals surface area contributed by atoms with Gasteiger partial charge in [-0.3, -0.25) is 9.59 Å². The first-order chi connectivity index (χ1) is 11.7. The van der Waals surface area contributed by atoms with E-state index in [2.05, 4.69) is 20.8 Å². The van der Waals surface area contributed by atoms with Gasteiger partial charge in [-0.1, -0.05) is 13.3 Å². The van der Waals surface area contributed by atoms with Gasteiger partial charge < -0.3 is 9.47 Å². The Kier molecular flexibility index (Phi) is 2.98. The Labute approximate surface area is 150 Å². The van der Waals surface area contributed by atoms with Crippen molar-refractivity contribution < 1.29 is 19.1 Å². The molecule has 25 heavy (non-hydrogen) atoms. The van der Waals surface area contributed by atoms with Crippen LogP contribution in [0.3, 0.4) is 0 Å². The molecule has 5 aliphatic rings. The standard InChI is InChI=1S/C21H30O4/c1-18-9-5-14-19(2)7-4-8-21(14,12-24-17(19)23)13(18)6-10-20(3)15(18)11-16(22)25-20/h13-15H,4-12H2,1-3H3/t13-,14-,15-,18+,19+,20-,21-/m0/s1. The largest absolute Gasteiger partial charge is 0.465 e. The molecule has 0 aromatic heterocycles. The van der Waals surface area contributed by atoms with Crippen LogP contribution in [0, 0.1) is 34.0 Å². The van der Waals surface area contributed by atoms with E-state index in [1.165, 1.54) is 6.42 Å². The third-order valence-corrected chi connectivity index (χ3v) is 9.38. The molecule has 4 heteroatoms. The number of fused-ring (bicyclic) bond motifs is 3. The summed E-state index contributed by atoms with van der Waals surface area (Å²) in [6.45, 7) is 7.32. The lowest BCUT2D eigenvalue weighted by atomic mass is 9.37. The maximum atomic E-state index is 12.6. The fourth-order valence-corrected chi connectivity index (χ4v) is 8.34. The van der Waals surface area contributed by atoms with Crippen LogP contribution in [-0.2, 0) is 19.1 Å². The van der Waals surface area contributed by atoms with E-state index in [-0.39, 0.29) is 33.8 Å². The predicted molar refractivity (Wildman–Crippen MR) is 91.5 cm³/mol. The monoisotopic (exact) mass is 346 g/mol. The number of hydrogen-bond donors (Lipinski definition) is 0. The Morgan fingerprint density at radius 3 is 2.48 bits per heavy atom. The molecule has 4 nitrogen and oxygen atoms in total. The molecular formula is C21H30O4. The molecule has 0 aromatic carbocycles. The van der Waals surface area contributed by atoms with Crippen LogP contribution in [0.15, 0.2) is 0 Å². The van der Waals surface area contributed by atoms with E-state index in [0.29, 0.717) is 30.8 Å². The first-order valence-corrected chi connectivity index (χ1v) is 10.1. The van der Waals surface area contributed by atoms with Gasteiger partial charge in [-0.2, -0.15) is 0 Å². The zero-order chi connectivity index (χ0) is 17.7. The second-order valence-corrected chi connectivity index (χ2v) is 10.3. The third-order valence-electron chi connectivity index (χ3n) is 9.38. The number of ether oxygens (including phenoxy) is 2. The molecule has 7 atom stereocenters. The van der Waals surface area contributed by atoms with Crippen molar-refractivity contribution in [3.8, 4) is 0 Å². The minimum Gasteiger partial charge on any atom is -0.465 e. The number of carbonyl (C=O) groups is 2. The molecule has 2 saturated heterocycles. The van der Waals surface area contributed by atoms with E-state index in [1.807, 2.05) is 0 Å². The molecule has 2 aliphatic heterocycles. The summed E-state index contributed by atoms with van der Waals surface area (Å²) in [6, 6.07) is 0. The maximum Gasteiger partial charge on any atom is 0.312 e. The second-order valence-electron chi connectivity index (χ2n) is 10.3. The molecule has 0 amide bonds. The molecular weight excluding hydrogens is 316 g/mol. The minimum atomic E-state index is -0.291.